The maximum absolute atomic E-state index is 14.2. The maximum Gasteiger partial charge on any atom is 0.393 e. The summed E-state index contributed by atoms with van der Waals surface area (Å²) in [7, 11) is 0. The number of benzene rings is 2. The van der Waals surface area contributed by atoms with Crippen molar-refractivity contribution in [3.05, 3.63) is 59.7 Å². The molecule has 2 aromatic carbocycles. The summed E-state index contributed by atoms with van der Waals surface area (Å²) < 4.78 is 114. The molecule has 0 atom stereocenters. The van der Waals surface area contributed by atoms with Gasteiger partial charge < -0.3 is 10.6 Å². The molecule has 0 unspecified atom stereocenters. The molecule has 2 amide bonds. The molecule has 0 saturated heterocycles. The lowest BCUT2D eigenvalue weighted by Gasteiger charge is -2.35. The van der Waals surface area contributed by atoms with E-state index in [4.69, 9.17) is 0 Å². The van der Waals surface area contributed by atoms with Gasteiger partial charge in [-0.25, -0.2) is 0 Å². The van der Waals surface area contributed by atoms with Gasteiger partial charge in [-0.3, -0.25) is 9.59 Å². The van der Waals surface area contributed by atoms with Crippen molar-refractivity contribution in [1.29, 1.82) is 0 Å². The minimum Gasteiger partial charge on any atom is -0.321 e. The smallest absolute Gasteiger partial charge is 0.321 e. The van der Waals surface area contributed by atoms with Gasteiger partial charge in [-0.15, -0.1) is 0 Å². The molecular weight excluding hydrogens is 500 g/mol. The standard InChI is InChI=1S/C24H24F8N2O2/c1-13(2)15-5-9-17(10-6-15)33-19(35)21(25,26)23(29,30)24(31,32)22(27,28)20(36)34-18-11-7-16(8-12-18)14(3)4/h5-14H,1-4H3,(H,33,35)(H,34,36). The number of halogens is 8. The van der Waals surface area contributed by atoms with Gasteiger partial charge in [0.1, 0.15) is 0 Å². The predicted molar refractivity (Wildman–Crippen MR) is 118 cm³/mol. The number of hydrogen-bond acceptors (Lipinski definition) is 2. The lowest BCUT2D eigenvalue weighted by atomic mass is 9.97. The first-order chi connectivity index (χ1) is 16.4. The van der Waals surface area contributed by atoms with Crippen molar-refractivity contribution in [2.45, 2.75) is 63.2 Å². The van der Waals surface area contributed by atoms with Crippen molar-refractivity contribution in [1.82, 2.24) is 0 Å². The minimum atomic E-state index is -6.95. The third-order valence-electron chi connectivity index (χ3n) is 5.42. The number of rotatable bonds is 9. The zero-order chi connectivity index (χ0) is 27.7. The summed E-state index contributed by atoms with van der Waals surface area (Å²) in [5.41, 5.74) is 0.442. The molecule has 2 N–H and O–H groups in total. The van der Waals surface area contributed by atoms with Crippen LogP contribution in [-0.4, -0.2) is 35.5 Å². The Bertz CT molecular complexity index is 995. The van der Waals surface area contributed by atoms with Gasteiger partial charge in [0.15, 0.2) is 0 Å². The molecule has 12 heteroatoms. The number of alkyl halides is 8. The third kappa shape index (κ3) is 5.31. The Kier molecular flexibility index (Phi) is 8.12. The number of nitrogens with one attached hydrogen (secondary N) is 2. The van der Waals surface area contributed by atoms with Gasteiger partial charge in [-0.2, -0.15) is 35.1 Å². The number of hydrogen-bond donors (Lipinski definition) is 2. The van der Waals surface area contributed by atoms with Gasteiger partial charge in [-0.05, 0) is 47.2 Å². The Morgan fingerprint density at radius 2 is 0.806 bits per heavy atom. The Labute approximate surface area is 202 Å². The van der Waals surface area contributed by atoms with Gasteiger partial charge in [0.2, 0.25) is 0 Å². The van der Waals surface area contributed by atoms with Crippen molar-refractivity contribution in [2.75, 3.05) is 10.6 Å². The van der Waals surface area contributed by atoms with Crippen molar-refractivity contribution in [2.24, 2.45) is 0 Å². The van der Waals surface area contributed by atoms with E-state index >= 15 is 0 Å². The van der Waals surface area contributed by atoms with E-state index in [9.17, 15) is 44.7 Å². The summed E-state index contributed by atoms with van der Waals surface area (Å²) >= 11 is 0. The third-order valence-corrected chi connectivity index (χ3v) is 5.42. The Morgan fingerprint density at radius 3 is 1.03 bits per heavy atom. The van der Waals surface area contributed by atoms with Crippen molar-refractivity contribution in [3.63, 3.8) is 0 Å². The van der Waals surface area contributed by atoms with Crippen LogP contribution < -0.4 is 10.6 Å². The predicted octanol–water partition coefficient (Wildman–Crippen LogP) is 7.05. The van der Waals surface area contributed by atoms with Crippen LogP contribution in [0, 0.1) is 0 Å². The quantitative estimate of drug-likeness (QED) is 0.346. The number of anilines is 2. The van der Waals surface area contributed by atoms with Gasteiger partial charge in [0.05, 0.1) is 0 Å². The topological polar surface area (TPSA) is 58.2 Å². The fourth-order valence-electron chi connectivity index (χ4n) is 3.00. The average molecular weight is 524 g/mol. The summed E-state index contributed by atoms with van der Waals surface area (Å²) in [5.74, 6) is -32.5. The van der Waals surface area contributed by atoms with E-state index in [1.807, 2.05) is 0 Å². The van der Waals surface area contributed by atoms with E-state index in [2.05, 4.69) is 0 Å². The van der Waals surface area contributed by atoms with Crippen LogP contribution in [0.3, 0.4) is 0 Å². The minimum absolute atomic E-state index is 0.0132. The lowest BCUT2D eigenvalue weighted by molar-refractivity contribution is -0.345. The fourth-order valence-corrected chi connectivity index (χ4v) is 3.00. The highest BCUT2D eigenvalue weighted by atomic mass is 19.4. The van der Waals surface area contributed by atoms with Crippen LogP contribution >= 0.6 is 0 Å². The van der Waals surface area contributed by atoms with Crippen LogP contribution in [0.2, 0.25) is 0 Å². The van der Waals surface area contributed by atoms with Crippen molar-refractivity contribution >= 4 is 23.2 Å². The second kappa shape index (κ2) is 10.1. The summed E-state index contributed by atoms with van der Waals surface area (Å²) in [6.45, 7) is 7.12. The van der Waals surface area contributed by atoms with Gasteiger partial charge in [0.25, 0.3) is 0 Å². The first-order valence-corrected chi connectivity index (χ1v) is 10.7. The second-order valence-corrected chi connectivity index (χ2v) is 8.76. The van der Waals surface area contributed by atoms with E-state index < -0.39 is 46.9 Å². The Morgan fingerprint density at radius 1 is 0.556 bits per heavy atom. The average Bonchev–Trinajstić information content (AvgIpc) is 2.79. The SMILES string of the molecule is CC(C)c1ccc(NC(=O)C(F)(F)C(F)(F)C(F)(F)C(F)(F)C(=O)Nc2ccc(C(C)C)cc2)cc1. The first-order valence-electron chi connectivity index (χ1n) is 10.7. The molecule has 0 aliphatic rings. The zero-order valence-electron chi connectivity index (χ0n) is 19.6. The highest BCUT2D eigenvalue weighted by Crippen LogP contribution is 2.53. The number of amides is 2. The van der Waals surface area contributed by atoms with Crippen LogP contribution in [0.25, 0.3) is 0 Å². The van der Waals surface area contributed by atoms with Gasteiger partial charge in [-0.1, -0.05) is 52.0 Å². The first kappa shape index (κ1) is 29.1. The lowest BCUT2D eigenvalue weighted by Crippen LogP contribution is -2.67. The fraction of sp³-hybridized carbons (Fsp3) is 0.417. The molecule has 0 heterocycles. The summed E-state index contributed by atoms with van der Waals surface area (Å²) in [5, 5.41) is 2.63. The molecule has 198 valence electrons. The zero-order valence-corrected chi connectivity index (χ0v) is 19.6. The molecule has 0 aromatic heterocycles. The molecular formula is C24H24F8N2O2. The van der Waals surface area contributed by atoms with Crippen LogP contribution in [0.15, 0.2) is 48.5 Å². The van der Waals surface area contributed by atoms with Crippen molar-refractivity contribution < 1.29 is 44.7 Å². The van der Waals surface area contributed by atoms with Crippen LogP contribution in [0.4, 0.5) is 46.5 Å². The molecule has 2 rings (SSSR count). The molecule has 36 heavy (non-hydrogen) atoms. The van der Waals surface area contributed by atoms with Gasteiger partial charge in [0, 0.05) is 11.4 Å². The van der Waals surface area contributed by atoms with Gasteiger partial charge >= 0.3 is 35.5 Å². The molecule has 0 bridgehead atoms. The molecule has 0 radical (unpaired) electrons. The van der Waals surface area contributed by atoms with E-state index in [0.29, 0.717) is 11.1 Å². The van der Waals surface area contributed by atoms with Crippen molar-refractivity contribution in [3.8, 4) is 0 Å². The maximum atomic E-state index is 14.2. The Hall–Kier alpha value is -3.18. The van der Waals surface area contributed by atoms with Crippen LogP contribution in [0.5, 0.6) is 0 Å². The molecule has 0 spiro atoms. The molecule has 2 aromatic rings. The molecule has 0 aliphatic carbocycles. The monoisotopic (exact) mass is 524 g/mol. The second-order valence-electron chi connectivity index (χ2n) is 8.76. The highest BCUT2D eigenvalue weighted by molar-refractivity contribution is 5.99. The van der Waals surface area contributed by atoms with E-state index in [1.54, 1.807) is 27.7 Å². The molecule has 0 saturated carbocycles. The number of carbonyl (C=O) groups excluding carboxylic acids is 2. The Balaban J connectivity index is 2.27. The van der Waals surface area contributed by atoms with E-state index in [0.717, 1.165) is 24.3 Å². The molecule has 4 nitrogen and oxygen atoms in total. The summed E-state index contributed by atoms with van der Waals surface area (Å²) in [6.07, 6.45) is 0. The summed E-state index contributed by atoms with van der Waals surface area (Å²) in [4.78, 5) is 23.6. The molecule has 0 fully saturated rings. The van der Waals surface area contributed by atoms with Crippen LogP contribution in [-0.2, 0) is 9.59 Å². The summed E-state index contributed by atoms with van der Waals surface area (Å²) in [6, 6.07) is 9.63. The highest BCUT2D eigenvalue weighted by Gasteiger charge is 2.84. The molecule has 0 aliphatic heterocycles. The van der Waals surface area contributed by atoms with Crippen LogP contribution in [0.1, 0.15) is 50.7 Å². The van der Waals surface area contributed by atoms with E-state index in [-0.39, 0.29) is 11.8 Å². The largest absolute Gasteiger partial charge is 0.393 e. The number of carbonyl (C=O) groups is 2. The van der Waals surface area contributed by atoms with E-state index in [1.165, 1.54) is 34.9 Å². The normalized spacial score (nSPS) is 13.2.